The van der Waals surface area contributed by atoms with Gasteiger partial charge in [-0.05, 0) is 31.7 Å². The summed E-state index contributed by atoms with van der Waals surface area (Å²) in [4.78, 5) is 27.1. The highest BCUT2D eigenvalue weighted by Crippen LogP contribution is 2.26. The molecule has 22 heavy (non-hydrogen) atoms. The van der Waals surface area contributed by atoms with E-state index in [-0.39, 0.29) is 11.7 Å². The van der Waals surface area contributed by atoms with Crippen molar-refractivity contribution in [3.8, 4) is 0 Å². The Morgan fingerprint density at radius 3 is 2.68 bits per heavy atom. The molecule has 1 fully saturated rings. The van der Waals surface area contributed by atoms with Gasteiger partial charge in [-0.1, -0.05) is 25.1 Å². The Bertz CT molecular complexity index is 745. The van der Waals surface area contributed by atoms with Gasteiger partial charge in [0, 0.05) is 36.7 Å². The largest absolute Gasteiger partial charge is 0.347 e. The molecule has 0 bridgehead atoms. The van der Waals surface area contributed by atoms with E-state index in [1.54, 1.807) is 4.90 Å². The predicted molar refractivity (Wildman–Crippen MR) is 87.0 cm³/mol. The number of aryl methyl sites for hydroxylation is 1. The third-order valence-corrected chi connectivity index (χ3v) is 4.77. The maximum absolute atomic E-state index is 12.8. The van der Waals surface area contributed by atoms with Crippen LogP contribution in [0.2, 0.25) is 0 Å². The minimum absolute atomic E-state index is 0.356. The summed E-state index contributed by atoms with van der Waals surface area (Å²) in [6, 6.07) is 7.75. The average Bonchev–Trinajstić information content (AvgIpc) is 2.78. The van der Waals surface area contributed by atoms with Gasteiger partial charge in [-0.3, -0.25) is 9.59 Å². The molecule has 1 atom stereocenters. The number of carbonyl (C=O) groups excluding carboxylic acids is 2. The molecule has 0 unspecified atom stereocenters. The fourth-order valence-electron chi connectivity index (χ4n) is 3.43. The number of benzene rings is 1. The van der Waals surface area contributed by atoms with Crippen molar-refractivity contribution in [1.82, 2.24) is 9.47 Å². The van der Waals surface area contributed by atoms with E-state index in [1.807, 2.05) is 42.8 Å². The molecule has 0 spiro atoms. The fourth-order valence-corrected chi connectivity index (χ4v) is 3.43. The van der Waals surface area contributed by atoms with Crippen molar-refractivity contribution < 1.29 is 9.59 Å². The zero-order valence-electron chi connectivity index (χ0n) is 13.4. The first-order valence-corrected chi connectivity index (χ1v) is 7.88. The van der Waals surface area contributed by atoms with Crippen LogP contribution in [0.5, 0.6) is 0 Å². The standard InChI is InChI=1S/C18H22N2O2/c1-12-7-6-10-20(11-12)18(22)17(21)16-13(2)19(3)15-9-5-4-8-14(15)16/h4-5,8-9,12H,6-7,10-11H2,1-3H3/t12-/m0/s1. The number of ketones is 1. The Hall–Kier alpha value is -2.10. The van der Waals surface area contributed by atoms with Gasteiger partial charge in [-0.25, -0.2) is 0 Å². The molecule has 2 aromatic rings. The van der Waals surface area contributed by atoms with Crippen LogP contribution in [-0.2, 0) is 11.8 Å². The summed E-state index contributed by atoms with van der Waals surface area (Å²) in [7, 11) is 1.93. The first-order chi connectivity index (χ1) is 10.5. The molecule has 1 saturated heterocycles. The average molecular weight is 298 g/mol. The van der Waals surface area contributed by atoms with Crippen molar-refractivity contribution in [1.29, 1.82) is 0 Å². The van der Waals surface area contributed by atoms with E-state index in [2.05, 4.69) is 6.92 Å². The molecule has 1 amide bonds. The van der Waals surface area contributed by atoms with Crippen LogP contribution < -0.4 is 0 Å². The number of rotatable bonds is 2. The van der Waals surface area contributed by atoms with E-state index in [1.165, 1.54) is 0 Å². The fraction of sp³-hybridized carbons (Fsp3) is 0.444. The van der Waals surface area contributed by atoms with Gasteiger partial charge in [0.05, 0.1) is 5.56 Å². The molecule has 1 aliphatic rings. The lowest BCUT2D eigenvalue weighted by Crippen LogP contribution is -2.42. The van der Waals surface area contributed by atoms with Crippen LogP contribution >= 0.6 is 0 Å². The molecule has 0 radical (unpaired) electrons. The topological polar surface area (TPSA) is 42.3 Å². The second-order valence-corrected chi connectivity index (χ2v) is 6.36. The van der Waals surface area contributed by atoms with Crippen molar-refractivity contribution in [2.45, 2.75) is 26.7 Å². The second kappa shape index (κ2) is 5.59. The number of hydrogen-bond donors (Lipinski definition) is 0. The molecule has 1 aromatic heterocycles. The number of amides is 1. The van der Waals surface area contributed by atoms with Crippen LogP contribution in [0.15, 0.2) is 24.3 Å². The molecule has 1 aromatic carbocycles. The molecular weight excluding hydrogens is 276 g/mol. The SMILES string of the molecule is Cc1c(C(=O)C(=O)N2CCC[C@H](C)C2)c2ccccc2n1C. The van der Waals surface area contributed by atoms with Crippen molar-refractivity contribution in [2.75, 3.05) is 13.1 Å². The Kier molecular flexibility index (Phi) is 3.77. The zero-order chi connectivity index (χ0) is 15.9. The van der Waals surface area contributed by atoms with E-state index in [0.717, 1.165) is 29.4 Å². The van der Waals surface area contributed by atoms with Crippen molar-refractivity contribution in [3.05, 3.63) is 35.5 Å². The van der Waals surface area contributed by atoms with Gasteiger partial charge < -0.3 is 9.47 Å². The third kappa shape index (κ3) is 2.32. The molecule has 0 saturated carbocycles. The van der Waals surface area contributed by atoms with Gasteiger partial charge in [0.25, 0.3) is 11.7 Å². The van der Waals surface area contributed by atoms with Crippen LogP contribution in [0.4, 0.5) is 0 Å². The highest BCUT2D eigenvalue weighted by Gasteiger charge is 2.30. The van der Waals surface area contributed by atoms with Crippen LogP contribution in [0.1, 0.15) is 35.8 Å². The number of nitrogens with zero attached hydrogens (tertiary/aromatic N) is 2. The number of aromatic nitrogens is 1. The number of Topliss-reactive ketones (excluding diaryl/α,β-unsaturated/α-hetero) is 1. The maximum Gasteiger partial charge on any atom is 0.295 e. The van der Waals surface area contributed by atoms with Gasteiger partial charge in [0.15, 0.2) is 0 Å². The summed E-state index contributed by atoms with van der Waals surface area (Å²) >= 11 is 0. The number of para-hydroxylation sites is 1. The molecule has 0 aliphatic carbocycles. The first-order valence-electron chi connectivity index (χ1n) is 7.88. The molecule has 4 heteroatoms. The van der Waals surface area contributed by atoms with Gasteiger partial charge in [-0.15, -0.1) is 0 Å². The molecule has 0 N–H and O–H groups in total. The highest BCUT2D eigenvalue weighted by molar-refractivity contribution is 6.45. The van der Waals surface area contributed by atoms with Gasteiger partial charge in [0.2, 0.25) is 0 Å². The van der Waals surface area contributed by atoms with Crippen LogP contribution in [0, 0.1) is 12.8 Å². The molecule has 3 rings (SSSR count). The van der Waals surface area contributed by atoms with Gasteiger partial charge in [0.1, 0.15) is 0 Å². The second-order valence-electron chi connectivity index (χ2n) is 6.36. The Balaban J connectivity index is 1.99. The predicted octanol–water partition coefficient (Wildman–Crippen LogP) is 2.93. The monoisotopic (exact) mass is 298 g/mol. The summed E-state index contributed by atoms with van der Waals surface area (Å²) in [5.41, 5.74) is 2.40. The summed E-state index contributed by atoms with van der Waals surface area (Å²) in [5, 5.41) is 0.867. The lowest BCUT2D eigenvalue weighted by molar-refractivity contribution is -0.128. The van der Waals surface area contributed by atoms with Crippen LogP contribution in [0.3, 0.4) is 0 Å². The minimum Gasteiger partial charge on any atom is -0.347 e. The highest BCUT2D eigenvalue weighted by atomic mass is 16.2. The van der Waals surface area contributed by atoms with E-state index in [0.29, 0.717) is 24.6 Å². The maximum atomic E-state index is 12.8. The summed E-state index contributed by atoms with van der Waals surface area (Å²) in [6.07, 6.45) is 2.11. The van der Waals surface area contributed by atoms with Crippen molar-refractivity contribution >= 4 is 22.6 Å². The number of carbonyl (C=O) groups is 2. The van der Waals surface area contributed by atoms with Crippen LogP contribution in [-0.4, -0.2) is 34.2 Å². The Morgan fingerprint density at radius 2 is 1.95 bits per heavy atom. The molecule has 1 aliphatic heterocycles. The van der Waals surface area contributed by atoms with Gasteiger partial charge >= 0.3 is 0 Å². The van der Waals surface area contributed by atoms with E-state index >= 15 is 0 Å². The quantitative estimate of drug-likeness (QED) is 0.632. The summed E-state index contributed by atoms with van der Waals surface area (Å²) in [5.74, 6) is -0.256. The summed E-state index contributed by atoms with van der Waals surface area (Å²) in [6.45, 7) is 5.42. The molecular formula is C18H22N2O2. The summed E-state index contributed by atoms with van der Waals surface area (Å²) < 4.78 is 1.98. The third-order valence-electron chi connectivity index (χ3n) is 4.77. The molecule has 2 heterocycles. The van der Waals surface area contributed by atoms with Crippen molar-refractivity contribution in [2.24, 2.45) is 13.0 Å². The first kappa shape index (κ1) is 14.8. The van der Waals surface area contributed by atoms with E-state index in [9.17, 15) is 9.59 Å². The Morgan fingerprint density at radius 1 is 1.23 bits per heavy atom. The normalized spacial score (nSPS) is 18.7. The van der Waals surface area contributed by atoms with Crippen molar-refractivity contribution in [3.63, 3.8) is 0 Å². The molecule has 116 valence electrons. The van der Waals surface area contributed by atoms with Gasteiger partial charge in [-0.2, -0.15) is 0 Å². The van der Waals surface area contributed by atoms with Crippen LogP contribution in [0.25, 0.3) is 10.9 Å². The lowest BCUT2D eigenvalue weighted by atomic mass is 9.99. The lowest BCUT2D eigenvalue weighted by Gasteiger charge is -2.30. The zero-order valence-corrected chi connectivity index (χ0v) is 13.4. The number of fused-ring (bicyclic) bond motifs is 1. The Labute approximate surface area is 130 Å². The minimum atomic E-state index is -0.372. The molecule has 4 nitrogen and oxygen atoms in total. The number of likely N-dealkylation sites (tertiary alicyclic amines) is 1. The smallest absolute Gasteiger partial charge is 0.295 e. The number of piperidine rings is 1. The van der Waals surface area contributed by atoms with E-state index in [4.69, 9.17) is 0 Å². The van der Waals surface area contributed by atoms with E-state index < -0.39 is 0 Å². The number of hydrogen-bond acceptors (Lipinski definition) is 2.